The largest absolute Gasteiger partial charge is 0.433 e. The molecule has 0 unspecified atom stereocenters. The highest BCUT2D eigenvalue weighted by Gasteiger charge is 2.32. The summed E-state index contributed by atoms with van der Waals surface area (Å²) in [6.07, 6.45) is -4.43. The predicted molar refractivity (Wildman–Crippen MR) is 79.2 cm³/mol. The Balaban J connectivity index is 1.96. The zero-order chi connectivity index (χ0) is 15.6. The lowest BCUT2D eigenvalue weighted by atomic mass is 10.1. The third kappa shape index (κ3) is 3.09. The third-order valence-corrected chi connectivity index (χ3v) is 3.10. The summed E-state index contributed by atoms with van der Waals surface area (Å²) in [7, 11) is 0. The highest BCUT2D eigenvalue weighted by molar-refractivity contribution is 5.80. The molecule has 1 aromatic heterocycles. The van der Waals surface area contributed by atoms with Crippen molar-refractivity contribution in [3.63, 3.8) is 0 Å². The molecule has 4 heteroatoms. The molecule has 0 N–H and O–H groups in total. The molecule has 108 valence electrons. The summed E-state index contributed by atoms with van der Waals surface area (Å²) in [5, 5.41) is 0.632. The first kappa shape index (κ1) is 14.2. The van der Waals surface area contributed by atoms with Gasteiger partial charge in [0, 0.05) is 16.5 Å². The second-order valence-corrected chi connectivity index (χ2v) is 4.72. The molecular weight excluding hydrogens is 287 g/mol. The quantitative estimate of drug-likeness (QED) is 0.550. The van der Waals surface area contributed by atoms with Crippen LogP contribution in [0.1, 0.15) is 16.8 Å². The summed E-state index contributed by atoms with van der Waals surface area (Å²) in [4.78, 5) is 3.63. The zero-order valence-corrected chi connectivity index (χ0v) is 11.4. The van der Waals surface area contributed by atoms with E-state index in [1.54, 1.807) is 18.2 Å². The van der Waals surface area contributed by atoms with E-state index in [4.69, 9.17) is 0 Å². The minimum absolute atomic E-state index is 0.306. The topological polar surface area (TPSA) is 12.9 Å². The van der Waals surface area contributed by atoms with Crippen LogP contribution in [-0.4, -0.2) is 4.98 Å². The Labute approximate surface area is 125 Å². The molecule has 22 heavy (non-hydrogen) atoms. The minimum atomic E-state index is -4.43. The maximum absolute atomic E-state index is 12.6. The van der Waals surface area contributed by atoms with Crippen LogP contribution >= 0.6 is 0 Å². The van der Waals surface area contributed by atoms with Gasteiger partial charge in [-0.3, -0.25) is 0 Å². The molecule has 0 fully saturated rings. The van der Waals surface area contributed by atoms with Gasteiger partial charge in [-0.25, -0.2) is 4.98 Å². The van der Waals surface area contributed by atoms with Gasteiger partial charge in [0.1, 0.15) is 5.69 Å². The number of alkyl halides is 3. The molecule has 0 saturated carbocycles. The van der Waals surface area contributed by atoms with Gasteiger partial charge < -0.3 is 0 Å². The SMILES string of the molecule is FC(F)(F)c1ccc2cc(C#Cc3ccccc3)ccc2n1. The van der Waals surface area contributed by atoms with Gasteiger partial charge in [-0.15, -0.1) is 0 Å². The number of aromatic nitrogens is 1. The van der Waals surface area contributed by atoms with Crippen LogP contribution in [0.5, 0.6) is 0 Å². The summed E-state index contributed by atoms with van der Waals surface area (Å²) < 4.78 is 37.9. The van der Waals surface area contributed by atoms with Crippen molar-refractivity contribution in [2.75, 3.05) is 0 Å². The first-order valence-electron chi connectivity index (χ1n) is 6.57. The minimum Gasteiger partial charge on any atom is -0.243 e. The van der Waals surface area contributed by atoms with Crippen LogP contribution in [0.4, 0.5) is 13.2 Å². The molecule has 0 aliphatic carbocycles. The average molecular weight is 297 g/mol. The molecule has 2 aromatic carbocycles. The maximum Gasteiger partial charge on any atom is 0.433 e. The standard InChI is InChI=1S/C18H10F3N/c19-18(20,21)17-11-9-15-12-14(8-10-16(15)22-17)7-6-13-4-2-1-3-5-13/h1-5,8-12H. The van der Waals surface area contributed by atoms with Crippen molar-refractivity contribution in [1.29, 1.82) is 0 Å². The summed E-state index contributed by atoms with van der Waals surface area (Å²) >= 11 is 0. The van der Waals surface area contributed by atoms with Crippen molar-refractivity contribution in [2.45, 2.75) is 6.18 Å². The highest BCUT2D eigenvalue weighted by atomic mass is 19.4. The van der Waals surface area contributed by atoms with Crippen molar-refractivity contribution in [1.82, 2.24) is 4.98 Å². The van der Waals surface area contributed by atoms with Gasteiger partial charge >= 0.3 is 6.18 Å². The fourth-order valence-electron chi connectivity index (χ4n) is 2.03. The van der Waals surface area contributed by atoms with E-state index in [2.05, 4.69) is 16.8 Å². The van der Waals surface area contributed by atoms with Gasteiger partial charge in [-0.2, -0.15) is 13.2 Å². The van der Waals surface area contributed by atoms with E-state index in [-0.39, 0.29) is 0 Å². The normalized spacial score (nSPS) is 11.0. The Kier molecular flexibility index (Phi) is 3.56. The van der Waals surface area contributed by atoms with Gasteiger partial charge in [0.25, 0.3) is 0 Å². The fraction of sp³-hybridized carbons (Fsp3) is 0.0556. The second kappa shape index (κ2) is 5.53. The zero-order valence-electron chi connectivity index (χ0n) is 11.4. The van der Waals surface area contributed by atoms with Gasteiger partial charge in [-0.1, -0.05) is 36.1 Å². The molecule has 0 bridgehead atoms. The summed E-state index contributed by atoms with van der Waals surface area (Å²) in [6, 6.07) is 16.8. The molecule has 0 radical (unpaired) electrons. The van der Waals surface area contributed by atoms with Gasteiger partial charge in [0.05, 0.1) is 5.52 Å². The second-order valence-electron chi connectivity index (χ2n) is 4.72. The van der Waals surface area contributed by atoms with E-state index in [9.17, 15) is 13.2 Å². The molecule has 0 amide bonds. The molecule has 0 spiro atoms. The van der Waals surface area contributed by atoms with Crippen molar-refractivity contribution in [2.24, 2.45) is 0 Å². The maximum atomic E-state index is 12.6. The highest BCUT2D eigenvalue weighted by Crippen LogP contribution is 2.29. The first-order chi connectivity index (χ1) is 10.5. The van der Waals surface area contributed by atoms with E-state index in [0.717, 1.165) is 17.2 Å². The van der Waals surface area contributed by atoms with E-state index in [1.165, 1.54) is 6.07 Å². The average Bonchev–Trinajstić information content (AvgIpc) is 2.52. The van der Waals surface area contributed by atoms with Crippen molar-refractivity contribution in [3.05, 3.63) is 77.5 Å². The van der Waals surface area contributed by atoms with E-state index in [1.807, 2.05) is 30.3 Å². The lowest BCUT2D eigenvalue weighted by molar-refractivity contribution is -0.140. The van der Waals surface area contributed by atoms with Crippen LogP contribution in [0.3, 0.4) is 0 Å². The van der Waals surface area contributed by atoms with Crippen molar-refractivity contribution < 1.29 is 13.2 Å². The van der Waals surface area contributed by atoms with Crippen LogP contribution in [0.15, 0.2) is 60.7 Å². The van der Waals surface area contributed by atoms with Crippen LogP contribution in [-0.2, 0) is 6.18 Å². The van der Waals surface area contributed by atoms with E-state index >= 15 is 0 Å². The molecule has 0 saturated heterocycles. The summed E-state index contributed by atoms with van der Waals surface area (Å²) in [5.41, 5.74) is 1.04. The molecule has 1 nitrogen and oxygen atoms in total. The molecule has 0 aliphatic rings. The van der Waals surface area contributed by atoms with Crippen LogP contribution in [0.25, 0.3) is 10.9 Å². The van der Waals surface area contributed by atoms with Crippen LogP contribution < -0.4 is 0 Å². The molecule has 0 aliphatic heterocycles. The lowest BCUT2D eigenvalue weighted by Gasteiger charge is -2.06. The predicted octanol–water partition coefficient (Wildman–Crippen LogP) is 4.65. The number of rotatable bonds is 0. The Morgan fingerprint density at radius 1 is 0.773 bits per heavy atom. The Bertz CT molecular complexity index is 871. The smallest absolute Gasteiger partial charge is 0.243 e. The van der Waals surface area contributed by atoms with E-state index in [0.29, 0.717) is 10.9 Å². The number of benzene rings is 2. The molecule has 0 atom stereocenters. The molecule has 1 heterocycles. The van der Waals surface area contributed by atoms with Crippen LogP contribution in [0.2, 0.25) is 0 Å². The number of nitrogens with zero attached hydrogens (tertiary/aromatic N) is 1. The van der Waals surface area contributed by atoms with Crippen LogP contribution in [0, 0.1) is 11.8 Å². The van der Waals surface area contributed by atoms with Crippen molar-refractivity contribution in [3.8, 4) is 11.8 Å². The van der Waals surface area contributed by atoms with Gasteiger partial charge in [0.15, 0.2) is 0 Å². The number of hydrogen-bond acceptors (Lipinski definition) is 1. The van der Waals surface area contributed by atoms with Gasteiger partial charge in [-0.05, 0) is 36.4 Å². The lowest BCUT2D eigenvalue weighted by Crippen LogP contribution is -2.07. The van der Waals surface area contributed by atoms with Crippen molar-refractivity contribution >= 4 is 10.9 Å². The summed E-state index contributed by atoms with van der Waals surface area (Å²) in [6.45, 7) is 0. The van der Waals surface area contributed by atoms with E-state index < -0.39 is 11.9 Å². The first-order valence-corrected chi connectivity index (χ1v) is 6.57. The number of hydrogen-bond donors (Lipinski definition) is 0. The molecular formula is C18H10F3N. The Morgan fingerprint density at radius 2 is 1.50 bits per heavy atom. The molecule has 3 aromatic rings. The summed E-state index contributed by atoms with van der Waals surface area (Å²) in [5.74, 6) is 6.01. The number of fused-ring (bicyclic) bond motifs is 1. The number of pyridine rings is 1. The third-order valence-electron chi connectivity index (χ3n) is 3.10. The Morgan fingerprint density at radius 3 is 2.23 bits per heavy atom. The fourth-order valence-corrected chi connectivity index (χ4v) is 2.03. The Hall–Kier alpha value is -2.80. The van der Waals surface area contributed by atoms with Gasteiger partial charge in [0.2, 0.25) is 0 Å². The number of halogens is 3. The molecule has 3 rings (SSSR count). The monoisotopic (exact) mass is 297 g/mol.